The quantitative estimate of drug-likeness (QED) is 0.851. The van der Waals surface area contributed by atoms with Gasteiger partial charge in [0, 0.05) is 30.7 Å². The van der Waals surface area contributed by atoms with Gasteiger partial charge in [-0.25, -0.2) is 0 Å². The molecule has 4 rings (SSSR count). The van der Waals surface area contributed by atoms with E-state index >= 15 is 0 Å². The maximum atomic E-state index is 13.1. The van der Waals surface area contributed by atoms with Crippen LogP contribution in [0, 0.1) is 0 Å². The Morgan fingerprint density at radius 1 is 0.926 bits per heavy atom. The zero-order chi connectivity index (χ0) is 17.9. The van der Waals surface area contributed by atoms with Crippen LogP contribution in [0.15, 0.2) is 54.6 Å². The van der Waals surface area contributed by atoms with Crippen LogP contribution in [0.25, 0.3) is 0 Å². The third kappa shape index (κ3) is 4.31. The van der Waals surface area contributed by atoms with E-state index in [1.165, 1.54) is 6.42 Å². The van der Waals surface area contributed by atoms with Crippen LogP contribution in [0.1, 0.15) is 40.0 Å². The van der Waals surface area contributed by atoms with Gasteiger partial charge in [0.05, 0.1) is 11.3 Å². The van der Waals surface area contributed by atoms with E-state index in [1.54, 1.807) is 24.3 Å². The van der Waals surface area contributed by atoms with Gasteiger partial charge < -0.3 is 15.5 Å². The normalized spacial score (nSPS) is 21.1. The lowest BCUT2D eigenvalue weighted by molar-refractivity contribution is 0.0749. The Balaban J connectivity index is 0.00000210. The number of nitrogens with zero attached hydrogens (tertiary/aromatic N) is 1. The summed E-state index contributed by atoms with van der Waals surface area (Å²) in [6.07, 6.45) is 3.32. The number of nitrogens with one attached hydrogen (secondary N) is 2. The number of fused-ring (bicyclic) bond motifs is 2. The smallest absolute Gasteiger partial charge is 0.256 e. The highest BCUT2D eigenvalue weighted by molar-refractivity contribution is 6.09. The molecule has 0 saturated carbocycles. The van der Waals surface area contributed by atoms with Crippen molar-refractivity contribution in [2.24, 2.45) is 0 Å². The molecule has 27 heavy (non-hydrogen) atoms. The maximum absolute atomic E-state index is 13.1. The van der Waals surface area contributed by atoms with Crippen molar-refractivity contribution in [3.05, 3.63) is 65.7 Å². The highest BCUT2D eigenvalue weighted by Crippen LogP contribution is 2.24. The maximum Gasteiger partial charge on any atom is 0.256 e. The molecule has 2 aromatic rings. The Morgan fingerprint density at radius 2 is 1.63 bits per heavy atom. The average molecular weight is 386 g/mol. The molecular weight excluding hydrogens is 362 g/mol. The summed E-state index contributed by atoms with van der Waals surface area (Å²) >= 11 is 0. The summed E-state index contributed by atoms with van der Waals surface area (Å²) in [5.74, 6) is -0.217. The van der Waals surface area contributed by atoms with Gasteiger partial charge in [-0.2, -0.15) is 0 Å². The van der Waals surface area contributed by atoms with Gasteiger partial charge in [0.1, 0.15) is 0 Å². The van der Waals surface area contributed by atoms with Crippen molar-refractivity contribution in [1.82, 2.24) is 10.2 Å². The number of amides is 2. The van der Waals surface area contributed by atoms with E-state index in [4.69, 9.17) is 0 Å². The third-order valence-corrected chi connectivity index (χ3v) is 5.25. The van der Waals surface area contributed by atoms with Crippen molar-refractivity contribution < 1.29 is 9.59 Å². The van der Waals surface area contributed by atoms with E-state index in [0.29, 0.717) is 28.9 Å². The molecule has 0 aromatic heterocycles. The van der Waals surface area contributed by atoms with Crippen molar-refractivity contribution in [1.29, 1.82) is 0 Å². The minimum absolute atomic E-state index is 0. The van der Waals surface area contributed by atoms with Gasteiger partial charge in [-0.15, -0.1) is 12.4 Å². The Morgan fingerprint density at radius 3 is 2.44 bits per heavy atom. The number of hydrogen-bond acceptors (Lipinski definition) is 3. The summed E-state index contributed by atoms with van der Waals surface area (Å²) in [4.78, 5) is 27.5. The van der Waals surface area contributed by atoms with Crippen LogP contribution in [0.5, 0.6) is 0 Å². The molecule has 2 N–H and O–H groups in total. The highest BCUT2D eigenvalue weighted by Gasteiger charge is 2.32. The van der Waals surface area contributed by atoms with E-state index in [9.17, 15) is 9.59 Å². The minimum Gasteiger partial charge on any atom is -0.337 e. The number of benzene rings is 2. The largest absolute Gasteiger partial charge is 0.337 e. The highest BCUT2D eigenvalue weighted by atomic mass is 35.5. The zero-order valence-electron chi connectivity index (χ0n) is 15.1. The molecule has 142 valence electrons. The number of rotatable bonds is 3. The molecule has 0 spiro atoms. The number of hydrogen-bond donors (Lipinski definition) is 2. The molecule has 2 unspecified atom stereocenters. The molecule has 2 saturated heterocycles. The summed E-state index contributed by atoms with van der Waals surface area (Å²) in [5.41, 5.74) is 1.69. The van der Waals surface area contributed by atoms with Crippen LogP contribution >= 0.6 is 12.4 Å². The number of anilines is 1. The molecule has 2 aliphatic heterocycles. The van der Waals surface area contributed by atoms with Gasteiger partial charge in [0.15, 0.2) is 0 Å². The Kier molecular flexibility index (Phi) is 6.14. The fourth-order valence-corrected chi connectivity index (χ4v) is 3.86. The predicted molar refractivity (Wildman–Crippen MR) is 109 cm³/mol. The fraction of sp³-hybridized carbons (Fsp3) is 0.333. The summed E-state index contributed by atoms with van der Waals surface area (Å²) in [6, 6.07) is 17.2. The van der Waals surface area contributed by atoms with E-state index in [0.717, 1.165) is 25.9 Å². The second-order valence-corrected chi connectivity index (χ2v) is 7.04. The number of carbonyl (C=O) groups excluding carboxylic acids is 2. The van der Waals surface area contributed by atoms with Crippen molar-refractivity contribution in [3.8, 4) is 0 Å². The van der Waals surface area contributed by atoms with Gasteiger partial charge in [-0.05, 0) is 43.5 Å². The fourth-order valence-electron chi connectivity index (χ4n) is 3.86. The van der Waals surface area contributed by atoms with Crippen molar-refractivity contribution >= 4 is 29.9 Å². The number of carbonyl (C=O) groups is 2. The third-order valence-electron chi connectivity index (χ3n) is 5.25. The van der Waals surface area contributed by atoms with Crippen molar-refractivity contribution in [3.63, 3.8) is 0 Å². The van der Waals surface area contributed by atoms with Crippen LogP contribution in [0.4, 0.5) is 5.69 Å². The van der Waals surface area contributed by atoms with Gasteiger partial charge in [0.25, 0.3) is 11.8 Å². The lowest BCUT2D eigenvalue weighted by atomic mass is 10.1. The summed E-state index contributed by atoms with van der Waals surface area (Å²) < 4.78 is 0. The minimum atomic E-state index is -0.206. The second kappa shape index (κ2) is 8.55. The molecular formula is C21H24ClN3O2. The Bertz CT molecular complexity index is 812. The molecule has 0 radical (unpaired) electrons. The Hall–Kier alpha value is -2.37. The number of likely N-dealkylation sites (tertiary alicyclic amines) is 1. The van der Waals surface area contributed by atoms with Gasteiger partial charge >= 0.3 is 0 Å². The van der Waals surface area contributed by atoms with Crippen LogP contribution in [-0.4, -0.2) is 41.9 Å². The number of para-hydroxylation sites is 1. The SMILES string of the molecule is Cl.O=C(Nc1ccccc1C(=O)N1CCC2CCC(C1)N2)c1ccccc1. The molecule has 5 nitrogen and oxygen atoms in total. The predicted octanol–water partition coefficient (Wildman–Crippen LogP) is 3.33. The molecule has 6 heteroatoms. The summed E-state index contributed by atoms with van der Waals surface area (Å²) in [5, 5.41) is 6.49. The van der Waals surface area contributed by atoms with E-state index in [-0.39, 0.29) is 24.2 Å². The zero-order valence-corrected chi connectivity index (χ0v) is 15.9. The van der Waals surface area contributed by atoms with E-state index in [1.807, 2.05) is 35.2 Å². The average Bonchev–Trinajstić information content (AvgIpc) is 3.01. The monoisotopic (exact) mass is 385 g/mol. The van der Waals surface area contributed by atoms with Crippen molar-refractivity contribution in [2.45, 2.75) is 31.3 Å². The van der Waals surface area contributed by atoms with Crippen LogP contribution in [0.2, 0.25) is 0 Å². The lowest BCUT2D eigenvalue weighted by Gasteiger charge is -2.25. The molecule has 0 aliphatic carbocycles. The summed E-state index contributed by atoms with van der Waals surface area (Å²) in [7, 11) is 0. The van der Waals surface area contributed by atoms with Gasteiger partial charge in [-0.3, -0.25) is 9.59 Å². The molecule has 2 aliphatic rings. The molecule has 2 amide bonds. The van der Waals surface area contributed by atoms with Gasteiger partial charge in [0.2, 0.25) is 0 Å². The standard InChI is InChI=1S/C21H23N3O2.ClH/c25-20(15-6-2-1-3-7-15)23-19-9-5-4-8-18(19)21(26)24-13-12-16-10-11-17(14-24)22-16;/h1-9,16-17,22H,10-14H2,(H,23,25);1H. The first-order chi connectivity index (χ1) is 12.7. The van der Waals surface area contributed by atoms with Gasteiger partial charge in [-0.1, -0.05) is 30.3 Å². The molecule has 2 aromatic carbocycles. The first-order valence-corrected chi connectivity index (χ1v) is 9.21. The van der Waals surface area contributed by atoms with Crippen LogP contribution < -0.4 is 10.6 Å². The lowest BCUT2D eigenvalue weighted by Crippen LogP contribution is -2.39. The molecule has 2 atom stereocenters. The van der Waals surface area contributed by atoms with Crippen molar-refractivity contribution in [2.75, 3.05) is 18.4 Å². The molecule has 2 heterocycles. The van der Waals surface area contributed by atoms with E-state index < -0.39 is 0 Å². The summed E-state index contributed by atoms with van der Waals surface area (Å²) in [6.45, 7) is 1.49. The van der Waals surface area contributed by atoms with Crippen LogP contribution in [0.3, 0.4) is 0 Å². The molecule has 2 fully saturated rings. The first-order valence-electron chi connectivity index (χ1n) is 9.21. The first kappa shape index (κ1) is 19.4. The second-order valence-electron chi connectivity index (χ2n) is 7.04. The topological polar surface area (TPSA) is 61.4 Å². The van der Waals surface area contributed by atoms with Crippen LogP contribution in [-0.2, 0) is 0 Å². The number of halogens is 1. The van der Waals surface area contributed by atoms with E-state index in [2.05, 4.69) is 10.6 Å². The Labute approximate surface area is 165 Å². The molecule has 2 bridgehead atoms.